The first-order valence-corrected chi connectivity index (χ1v) is 12.4. The first kappa shape index (κ1) is 18.7. The van der Waals surface area contributed by atoms with E-state index in [9.17, 15) is 0 Å². The number of hydrogen-bond acceptors (Lipinski definition) is 2. The van der Waals surface area contributed by atoms with Gasteiger partial charge in [-0.1, -0.05) is 61.5 Å². The molecule has 3 fully saturated rings. The zero-order valence-corrected chi connectivity index (χ0v) is 18.6. The number of benzene rings is 2. The van der Waals surface area contributed by atoms with Crippen LogP contribution in [0.1, 0.15) is 63.4 Å². The molecule has 3 heterocycles. The Hall–Kier alpha value is -1.90. The quantitative estimate of drug-likeness (QED) is 0.596. The van der Waals surface area contributed by atoms with Gasteiger partial charge in [-0.3, -0.25) is 0 Å². The molecule has 0 amide bonds. The maximum Gasteiger partial charge on any atom is 0.0974 e. The van der Waals surface area contributed by atoms with E-state index in [0.717, 1.165) is 25.9 Å². The van der Waals surface area contributed by atoms with Gasteiger partial charge in [-0.05, 0) is 103 Å². The van der Waals surface area contributed by atoms with Gasteiger partial charge in [-0.15, -0.1) is 0 Å². The van der Waals surface area contributed by atoms with Crippen LogP contribution in [-0.4, -0.2) is 24.3 Å². The van der Waals surface area contributed by atoms with Crippen molar-refractivity contribution in [1.29, 1.82) is 0 Å². The zero-order valence-electron chi connectivity index (χ0n) is 18.6. The summed E-state index contributed by atoms with van der Waals surface area (Å²) in [6, 6.07) is 16.0. The van der Waals surface area contributed by atoms with Crippen LogP contribution in [0.4, 0.5) is 0 Å². The van der Waals surface area contributed by atoms with Crippen LogP contribution in [0.2, 0.25) is 0 Å². The number of rotatable bonds is 1. The molecule has 2 spiro atoms. The summed E-state index contributed by atoms with van der Waals surface area (Å²) in [6.07, 6.45) is 13.7. The van der Waals surface area contributed by atoms with E-state index in [2.05, 4.69) is 66.9 Å². The largest absolute Gasteiger partial charge is 0.359 e. The molecule has 31 heavy (non-hydrogen) atoms. The minimum absolute atomic E-state index is 0.0140. The fourth-order valence-corrected chi connectivity index (χ4v) is 8.25. The van der Waals surface area contributed by atoms with Gasteiger partial charge in [0.2, 0.25) is 0 Å². The third-order valence-corrected chi connectivity index (χ3v) is 9.79. The maximum atomic E-state index is 7.32. The normalized spacial score (nSPS) is 41.1. The fourth-order valence-electron chi connectivity index (χ4n) is 8.25. The number of hydrogen-bond donors (Lipinski definition) is 1. The van der Waals surface area contributed by atoms with E-state index in [1.54, 1.807) is 5.57 Å². The minimum Gasteiger partial charge on any atom is -0.359 e. The molecule has 2 aromatic rings. The molecule has 1 N–H and O–H groups in total. The molecule has 0 unspecified atom stereocenters. The first-order valence-electron chi connectivity index (χ1n) is 12.4. The standard InChI is InChI=1S/C29H33NO/c1-27-12-10-24-19-23-11-16-30-17-15-28(23)13-14-29(24,31-28)26(27)9-8-25(27)22-7-6-20-4-2-3-5-21(20)18-22/h2-7,10,18-19,25-26,30H,8-9,11-17H2,1H3/t25-,26-,27-,28-,29-/m1/s1. The van der Waals surface area contributed by atoms with Crippen molar-refractivity contribution in [1.82, 2.24) is 5.32 Å². The van der Waals surface area contributed by atoms with Crippen LogP contribution in [0.15, 0.2) is 65.8 Å². The molecular formula is C29H33NO. The summed E-state index contributed by atoms with van der Waals surface area (Å²) in [7, 11) is 0. The summed E-state index contributed by atoms with van der Waals surface area (Å²) in [5, 5.41) is 6.35. The topological polar surface area (TPSA) is 21.3 Å². The summed E-state index contributed by atoms with van der Waals surface area (Å²) in [5.74, 6) is 1.25. The van der Waals surface area contributed by atoms with Crippen molar-refractivity contribution >= 4 is 10.8 Å². The van der Waals surface area contributed by atoms with Crippen molar-refractivity contribution in [2.45, 2.75) is 69.0 Å². The van der Waals surface area contributed by atoms with Crippen molar-refractivity contribution in [3.8, 4) is 0 Å². The van der Waals surface area contributed by atoms with E-state index >= 15 is 0 Å². The molecule has 0 radical (unpaired) electrons. The van der Waals surface area contributed by atoms with Crippen LogP contribution >= 0.6 is 0 Å². The smallest absolute Gasteiger partial charge is 0.0974 e. The van der Waals surface area contributed by atoms with E-state index in [1.807, 2.05) is 0 Å². The molecule has 2 aromatic carbocycles. The summed E-state index contributed by atoms with van der Waals surface area (Å²) in [5.41, 5.74) is 4.90. The van der Waals surface area contributed by atoms with Gasteiger partial charge >= 0.3 is 0 Å². The summed E-state index contributed by atoms with van der Waals surface area (Å²) in [4.78, 5) is 0. The van der Waals surface area contributed by atoms with Crippen LogP contribution in [0, 0.1) is 11.3 Å². The third kappa shape index (κ3) is 2.41. The number of allylic oxidation sites excluding steroid dienone is 1. The molecule has 7 rings (SSSR count). The lowest BCUT2D eigenvalue weighted by Crippen LogP contribution is -2.52. The van der Waals surface area contributed by atoms with Crippen molar-refractivity contribution in [3.63, 3.8) is 0 Å². The molecular weight excluding hydrogens is 378 g/mol. The third-order valence-electron chi connectivity index (χ3n) is 9.79. The number of fused-ring (bicyclic) bond motifs is 2. The van der Waals surface area contributed by atoms with Gasteiger partial charge in [0.05, 0.1) is 11.2 Å². The molecule has 5 aliphatic rings. The van der Waals surface area contributed by atoms with E-state index in [4.69, 9.17) is 4.74 Å². The van der Waals surface area contributed by atoms with Crippen molar-refractivity contribution in [3.05, 3.63) is 71.3 Å². The Morgan fingerprint density at radius 1 is 0.968 bits per heavy atom. The molecule has 2 heteroatoms. The molecule has 1 saturated carbocycles. The zero-order chi connectivity index (χ0) is 20.7. The molecule has 2 nitrogen and oxygen atoms in total. The van der Waals surface area contributed by atoms with Crippen molar-refractivity contribution in [2.24, 2.45) is 11.3 Å². The maximum absolute atomic E-state index is 7.32. The Morgan fingerprint density at radius 2 is 1.87 bits per heavy atom. The highest BCUT2D eigenvalue weighted by Crippen LogP contribution is 2.68. The first-order chi connectivity index (χ1) is 15.1. The molecule has 0 aromatic heterocycles. The Labute approximate surface area is 185 Å². The SMILES string of the molecule is C[C@]12CC=C3C=C4CCNCC[C@]45CC[C@]3(O5)[C@@H]1CC[C@@H]2c1ccc2ccccc2c1. The predicted molar refractivity (Wildman–Crippen MR) is 126 cm³/mol. The average molecular weight is 412 g/mol. The Kier molecular flexibility index (Phi) is 3.81. The van der Waals surface area contributed by atoms with E-state index in [0.29, 0.717) is 11.8 Å². The highest BCUT2D eigenvalue weighted by Gasteiger charge is 2.65. The van der Waals surface area contributed by atoms with Crippen LogP contribution in [0.3, 0.4) is 0 Å². The van der Waals surface area contributed by atoms with Crippen molar-refractivity contribution in [2.75, 3.05) is 13.1 Å². The van der Waals surface area contributed by atoms with Crippen LogP contribution in [-0.2, 0) is 4.74 Å². The average Bonchev–Trinajstić information content (AvgIpc) is 3.23. The van der Waals surface area contributed by atoms with Crippen molar-refractivity contribution < 1.29 is 4.74 Å². The van der Waals surface area contributed by atoms with Crippen LogP contribution in [0.25, 0.3) is 10.8 Å². The number of ether oxygens (including phenoxy) is 1. The minimum atomic E-state index is -0.0353. The molecule has 160 valence electrons. The van der Waals surface area contributed by atoms with Crippen LogP contribution in [0.5, 0.6) is 0 Å². The second-order valence-electron chi connectivity index (χ2n) is 11.1. The second-order valence-corrected chi connectivity index (χ2v) is 11.1. The molecule has 3 aliphatic heterocycles. The highest BCUT2D eigenvalue weighted by atomic mass is 16.5. The van der Waals surface area contributed by atoms with Crippen LogP contribution < -0.4 is 5.32 Å². The summed E-state index contributed by atoms with van der Waals surface area (Å²) < 4.78 is 7.32. The van der Waals surface area contributed by atoms with Gasteiger partial charge in [0.25, 0.3) is 0 Å². The van der Waals surface area contributed by atoms with E-state index in [-0.39, 0.29) is 16.6 Å². The van der Waals surface area contributed by atoms with Gasteiger partial charge in [0.1, 0.15) is 0 Å². The summed E-state index contributed by atoms with van der Waals surface area (Å²) in [6.45, 7) is 4.77. The van der Waals surface area contributed by atoms with Gasteiger partial charge in [0.15, 0.2) is 0 Å². The summed E-state index contributed by atoms with van der Waals surface area (Å²) >= 11 is 0. The molecule has 2 bridgehead atoms. The Balaban J connectivity index is 1.31. The lowest BCUT2D eigenvalue weighted by molar-refractivity contribution is -0.128. The fraction of sp³-hybridized carbons (Fsp3) is 0.517. The lowest BCUT2D eigenvalue weighted by atomic mass is 9.58. The predicted octanol–water partition coefficient (Wildman–Crippen LogP) is 6.28. The number of nitrogens with one attached hydrogen (secondary N) is 1. The van der Waals surface area contributed by atoms with E-state index in [1.165, 1.54) is 54.0 Å². The Morgan fingerprint density at radius 3 is 2.81 bits per heavy atom. The van der Waals surface area contributed by atoms with Gasteiger partial charge in [0, 0.05) is 0 Å². The monoisotopic (exact) mass is 411 g/mol. The van der Waals surface area contributed by atoms with Gasteiger partial charge < -0.3 is 10.1 Å². The molecule has 5 atom stereocenters. The lowest BCUT2D eigenvalue weighted by Gasteiger charge is -2.53. The Bertz CT molecular complexity index is 1130. The highest BCUT2D eigenvalue weighted by molar-refractivity contribution is 5.83. The van der Waals surface area contributed by atoms with Gasteiger partial charge in [-0.2, -0.15) is 0 Å². The van der Waals surface area contributed by atoms with Gasteiger partial charge in [-0.25, -0.2) is 0 Å². The van der Waals surface area contributed by atoms with E-state index < -0.39 is 0 Å². The molecule has 2 aliphatic carbocycles. The molecule has 2 saturated heterocycles. The second kappa shape index (κ2) is 6.33.